The fourth-order valence-electron chi connectivity index (χ4n) is 6.04. The van der Waals surface area contributed by atoms with Crippen molar-refractivity contribution in [1.82, 2.24) is 14.9 Å². The Labute approximate surface area is 242 Å². The van der Waals surface area contributed by atoms with Crippen molar-refractivity contribution >= 4 is 23.2 Å². The highest BCUT2D eigenvalue weighted by atomic mass is 16.7. The van der Waals surface area contributed by atoms with Crippen LogP contribution in [-0.2, 0) is 25.4 Å². The molecule has 212 valence electrons. The van der Waals surface area contributed by atoms with Crippen LogP contribution in [0.4, 0.5) is 11.4 Å². The molecule has 0 unspecified atom stereocenters. The third-order valence-corrected chi connectivity index (χ3v) is 8.22. The van der Waals surface area contributed by atoms with Gasteiger partial charge >= 0.3 is 0 Å². The molecule has 42 heavy (non-hydrogen) atoms. The predicted molar refractivity (Wildman–Crippen MR) is 153 cm³/mol. The molecule has 0 bridgehead atoms. The maximum absolute atomic E-state index is 12.8. The maximum atomic E-state index is 12.8. The van der Waals surface area contributed by atoms with Gasteiger partial charge in [-0.3, -0.25) is 19.6 Å². The van der Waals surface area contributed by atoms with Gasteiger partial charge in [0.1, 0.15) is 29.9 Å². The molecule has 5 atom stereocenters. The van der Waals surface area contributed by atoms with Gasteiger partial charge in [-0.25, -0.2) is 4.90 Å². The molecule has 3 aliphatic heterocycles. The van der Waals surface area contributed by atoms with E-state index in [1.807, 2.05) is 62.4 Å². The third-order valence-electron chi connectivity index (χ3n) is 8.22. The molecule has 7 rings (SSSR count). The molecular weight excluding hydrogens is 534 g/mol. The molecule has 0 saturated carbocycles. The average Bonchev–Trinajstić information content (AvgIpc) is 3.67. The summed E-state index contributed by atoms with van der Waals surface area (Å²) in [5.74, 6) is -0.441. The highest BCUT2D eigenvalue weighted by molar-refractivity contribution is 6.04. The summed E-state index contributed by atoms with van der Waals surface area (Å²) in [6.45, 7) is 4.41. The molecule has 3 aliphatic rings. The van der Waals surface area contributed by atoms with Gasteiger partial charge in [0.05, 0.1) is 6.61 Å². The minimum absolute atomic E-state index is 0.221. The van der Waals surface area contributed by atoms with Crippen LogP contribution in [0.3, 0.4) is 0 Å². The van der Waals surface area contributed by atoms with E-state index in [1.54, 1.807) is 49.1 Å². The monoisotopic (exact) mass is 563 g/mol. The van der Waals surface area contributed by atoms with Crippen LogP contribution < -0.4 is 10.6 Å². The molecule has 2 aromatic carbocycles. The molecule has 3 saturated heterocycles. The Morgan fingerprint density at radius 3 is 1.76 bits per heavy atom. The number of rotatable bonds is 6. The molecule has 5 heterocycles. The van der Waals surface area contributed by atoms with E-state index in [-0.39, 0.29) is 18.0 Å². The largest absolute Gasteiger partial charge is 0.355 e. The van der Waals surface area contributed by atoms with Crippen molar-refractivity contribution in [3.63, 3.8) is 0 Å². The second-order valence-electron chi connectivity index (χ2n) is 10.9. The van der Waals surface area contributed by atoms with Gasteiger partial charge < -0.3 is 24.8 Å². The molecule has 2 amide bonds. The Balaban J connectivity index is 1.15. The number of amides is 2. The molecule has 2 aromatic heterocycles. The van der Waals surface area contributed by atoms with E-state index >= 15 is 0 Å². The first kappa shape index (κ1) is 26.4. The summed E-state index contributed by atoms with van der Waals surface area (Å²) in [7, 11) is 0. The fraction of sp³-hybridized carbons (Fsp3) is 0.250. The van der Waals surface area contributed by atoms with Crippen molar-refractivity contribution in [3.05, 3.63) is 120 Å². The number of hydrogen-bond donors (Lipinski definition) is 2. The molecule has 10 nitrogen and oxygen atoms in total. The Bertz CT molecular complexity index is 1560. The lowest BCUT2D eigenvalue weighted by molar-refractivity contribution is -0.138. The van der Waals surface area contributed by atoms with Crippen LogP contribution >= 0.6 is 0 Å². The topological polar surface area (TPSA) is 115 Å². The Kier molecular flexibility index (Phi) is 6.36. The van der Waals surface area contributed by atoms with E-state index in [0.29, 0.717) is 29.1 Å². The summed E-state index contributed by atoms with van der Waals surface area (Å²) >= 11 is 0. The minimum Gasteiger partial charge on any atom is -0.355 e. The summed E-state index contributed by atoms with van der Waals surface area (Å²) in [4.78, 5) is 35.7. The molecular formula is C32H29N5O5. The van der Waals surface area contributed by atoms with Crippen molar-refractivity contribution in [2.75, 3.05) is 17.2 Å². The number of carbonyl (C=O) groups excluding carboxylic acids is 2. The molecule has 10 heteroatoms. The van der Waals surface area contributed by atoms with Crippen molar-refractivity contribution in [2.24, 2.45) is 0 Å². The number of aromatic nitrogens is 2. The van der Waals surface area contributed by atoms with Gasteiger partial charge in [-0.2, -0.15) is 0 Å². The first-order chi connectivity index (χ1) is 20.3. The van der Waals surface area contributed by atoms with Crippen LogP contribution in [0.25, 0.3) is 0 Å². The molecule has 2 N–H and O–H groups in total. The second kappa shape index (κ2) is 10.1. The van der Waals surface area contributed by atoms with Crippen LogP contribution in [0.2, 0.25) is 0 Å². The van der Waals surface area contributed by atoms with Crippen molar-refractivity contribution < 1.29 is 23.8 Å². The van der Waals surface area contributed by atoms with Crippen LogP contribution in [0.15, 0.2) is 97.6 Å². The first-order valence-electron chi connectivity index (χ1n) is 13.7. The Morgan fingerprint density at radius 2 is 1.24 bits per heavy atom. The van der Waals surface area contributed by atoms with Gasteiger partial charge in [0, 0.05) is 47.3 Å². The van der Waals surface area contributed by atoms with E-state index in [4.69, 9.17) is 14.2 Å². The van der Waals surface area contributed by atoms with Crippen molar-refractivity contribution in [2.45, 2.75) is 43.7 Å². The number of nitrogens with zero attached hydrogens (tertiary/aromatic N) is 3. The van der Waals surface area contributed by atoms with Gasteiger partial charge in [0.25, 0.3) is 11.8 Å². The zero-order chi connectivity index (χ0) is 28.9. The number of pyridine rings is 2. The van der Waals surface area contributed by atoms with Gasteiger partial charge in [0.2, 0.25) is 0 Å². The van der Waals surface area contributed by atoms with E-state index < -0.39 is 23.7 Å². The van der Waals surface area contributed by atoms with E-state index in [1.165, 1.54) is 0 Å². The third kappa shape index (κ3) is 4.36. The van der Waals surface area contributed by atoms with Gasteiger partial charge in [0.15, 0.2) is 0 Å². The van der Waals surface area contributed by atoms with E-state index in [2.05, 4.69) is 25.5 Å². The van der Waals surface area contributed by atoms with Crippen LogP contribution in [-0.4, -0.2) is 52.0 Å². The number of hydrogen-bond acceptors (Lipinski definition) is 8. The van der Waals surface area contributed by atoms with E-state index in [9.17, 15) is 9.59 Å². The Hall–Kier alpha value is -4.48. The maximum Gasteiger partial charge on any atom is 0.255 e. The highest BCUT2D eigenvalue weighted by Gasteiger charge is 2.68. The summed E-state index contributed by atoms with van der Waals surface area (Å²) < 4.78 is 19.7. The smallest absolute Gasteiger partial charge is 0.255 e. The fourth-order valence-corrected chi connectivity index (χ4v) is 6.04. The minimum atomic E-state index is -0.838. The molecule has 0 radical (unpaired) electrons. The standard InChI is InChI=1S/C32H29N5O5/c1-31(22-5-3-7-24(17-22)35-27(38)20-9-13-33-14-10-20)29-37-26(19-40-29)41-32(2,30(37)42-31)23-6-4-8-25(18-23)36-28(39)21-11-15-34-16-12-21/h3-18,26,29-30H,19H2,1-2H3,(H,35,38)(H,36,39)/t26-,29-,30-,31-,32-/m0/s1. The number of ether oxygens (including phenoxy) is 3. The zero-order valence-electron chi connectivity index (χ0n) is 23.1. The normalized spacial score (nSPS) is 27.9. The number of benzene rings is 2. The molecule has 3 fully saturated rings. The van der Waals surface area contributed by atoms with Gasteiger partial charge in [-0.15, -0.1) is 0 Å². The second-order valence-corrected chi connectivity index (χ2v) is 10.9. The predicted octanol–water partition coefficient (Wildman–Crippen LogP) is 4.48. The summed E-state index contributed by atoms with van der Waals surface area (Å²) in [5, 5.41) is 5.94. The molecule has 0 aliphatic carbocycles. The van der Waals surface area contributed by atoms with Crippen LogP contribution in [0.1, 0.15) is 45.7 Å². The lowest BCUT2D eigenvalue weighted by Gasteiger charge is -2.33. The SMILES string of the molecule is C[C@@]1(c2cccc(NC(=O)c3ccncc3)c2)O[C@H]2CO[C@@H]3N2[C@H]1O[C@@]3(C)c1cccc(NC(=O)c2ccncc2)c1. The summed E-state index contributed by atoms with van der Waals surface area (Å²) in [5.41, 5.74) is 2.41. The summed E-state index contributed by atoms with van der Waals surface area (Å²) in [6, 6.07) is 22.0. The Morgan fingerprint density at radius 1 is 0.738 bits per heavy atom. The van der Waals surface area contributed by atoms with Crippen molar-refractivity contribution in [3.8, 4) is 0 Å². The zero-order valence-corrected chi connectivity index (χ0v) is 23.1. The first-order valence-corrected chi connectivity index (χ1v) is 13.7. The number of anilines is 2. The molecule has 4 aromatic rings. The average molecular weight is 564 g/mol. The van der Waals surface area contributed by atoms with Crippen LogP contribution in [0, 0.1) is 0 Å². The summed E-state index contributed by atoms with van der Waals surface area (Å²) in [6.07, 6.45) is 5.20. The van der Waals surface area contributed by atoms with Crippen LogP contribution in [0.5, 0.6) is 0 Å². The van der Waals surface area contributed by atoms with E-state index in [0.717, 1.165) is 11.1 Å². The lowest BCUT2D eigenvalue weighted by Crippen LogP contribution is -2.40. The lowest BCUT2D eigenvalue weighted by atomic mass is 9.93. The molecule has 0 spiro atoms. The van der Waals surface area contributed by atoms with Gasteiger partial charge in [-0.05, 0) is 73.5 Å². The number of nitrogens with one attached hydrogen (secondary N) is 2. The van der Waals surface area contributed by atoms with Gasteiger partial charge in [-0.1, -0.05) is 24.3 Å². The quantitative estimate of drug-likeness (QED) is 0.353. The highest BCUT2D eigenvalue weighted by Crippen LogP contribution is 2.56. The number of carbonyl (C=O) groups is 2. The van der Waals surface area contributed by atoms with Crippen molar-refractivity contribution in [1.29, 1.82) is 0 Å².